The van der Waals surface area contributed by atoms with Crippen molar-refractivity contribution in [1.29, 1.82) is 0 Å². The van der Waals surface area contributed by atoms with Crippen LogP contribution in [-0.2, 0) is 30.3 Å². The molecule has 0 saturated heterocycles. The van der Waals surface area contributed by atoms with Crippen LogP contribution in [0.2, 0.25) is 0 Å². The van der Waals surface area contributed by atoms with Crippen LogP contribution in [0, 0.1) is 5.41 Å². The molecule has 0 bridgehead atoms. The number of carbonyl (C=O) groups excluding carboxylic acids is 4. The van der Waals surface area contributed by atoms with E-state index in [0.717, 1.165) is 0 Å². The topological polar surface area (TPSA) is 86.7 Å². The van der Waals surface area contributed by atoms with E-state index in [-0.39, 0.29) is 25.2 Å². The first kappa shape index (κ1) is 19.5. The van der Waals surface area contributed by atoms with E-state index < -0.39 is 28.9 Å². The van der Waals surface area contributed by atoms with Gasteiger partial charge in [0.25, 0.3) is 0 Å². The molecule has 24 heavy (non-hydrogen) atoms. The molecule has 1 rings (SSSR count). The molecular weight excluding hydrogens is 312 g/mol. The van der Waals surface area contributed by atoms with Crippen LogP contribution in [0.1, 0.15) is 43.6 Å². The Kier molecular flexibility index (Phi) is 6.82. The van der Waals surface area contributed by atoms with Crippen molar-refractivity contribution in [3.05, 3.63) is 35.4 Å². The number of rotatable bonds is 8. The third-order valence-electron chi connectivity index (χ3n) is 3.55. The number of carbonyl (C=O) groups is 4. The zero-order valence-corrected chi connectivity index (χ0v) is 14.4. The third kappa shape index (κ3) is 4.50. The quantitative estimate of drug-likeness (QED) is 0.313. The van der Waals surface area contributed by atoms with Gasteiger partial charge in [0.2, 0.25) is 5.78 Å². The zero-order valence-electron chi connectivity index (χ0n) is 14.4. The molecule has 0 heterocycles. The summed E-state index contributed by atoms with van der Waals surface area (Å²) in [5.41, 5.74) is -0.558. The Hall–Kier alpha value is -2.50. The summed E-state index contributed by atoms with van der Waals surface area (Å²) in [5.74, 6) is -2.45. The number of hydrogen-bond acceptors (Lipinski definition) is 6. The molecule has 0 aliphatic carbocycles. The maximum absolute atomic E-state index is 12.2. The minimum absolute atomic E-state index is 0.0687. The first-order chi connectivity index (χ1) is 11.3. The Labute approximate surface area is 141 Å². The number of ketones is 2. The molecule has 0 unspecified atom stereocenters. The predicted octanol–water partition coefficient (Wildman–Crippen LogP) is 2.13. The zero-order chi connectivity index (χ0) is 18.3. The highest BCUT2D eigenvalue weighted by Crippen LogP contribution is 2.27. The van der Waals surface area contributed by atoms with Crippen LogP contribution in [0.4, 0.5) is 0 Å². The van der Waals surface area contributed by atoms with Crippen molar-refractivity contribution in [2.75, 3.05) is 13.2 Å². The Morgan fingerprint density at radius 2 is 1.38 bits per heavy atom. The monoisotopic (exact) mass is 334 g/mol. The van der Waals surface area contributed by atoms with Gasteiger partial charge in [-0.05, 0) is 32.8 Å². The molecule has 6 nitrogen and oxygen atoms in total. The van der Waals surface area contributed by atoms with Crippen LogP contribution < -0.4 is 0 Å². The largest absolute Gasteiger partial charge is 0.465 e. The second-order valence-electron chi connectivity index (χ2n) is 5.53. The molecule has 0 amide bonds. The minimum Gasteiger partial charge on any atom is -0.465 e. The van der Waals surface area contributed by atoms with Gasteiger partial charge in [0.05, 0.1) is 13.2 Å². The summed E-state index contributed by atoms with van der Waals surface area (Å²) < 4.78 is 10.0. The van der Waals surface area contributed by atoms with Crippen LogP contribution in [0.5, 0.6) is 0 Å². The smallest absolute Gasteiger partial charge is 0.323 e. The van der Waals surface area contributed by atoms with Gasteiger partial charge >= 0.3 is 11.9 Å². The molecule has 0 aliphatic heterocycles. The van der Waals surface area contributed by atoms with Gasteiger partial charge in [0.15, 0.2) is 11.2 Å². The summed E-state index contributed by atoms with van der Waals surface area (Å²) in [5, 5.41) is 0. The van der Waals surface area contributed by atoms with Gasteiger partial charge < -0.3 is 9.47 Å². The Morgan fingerprint density at radius 3 is 1.75 bits per heavy atom. The van der Waals surface area contributed by atoms with Crippen LogP contribution in [0.3, 0.4) is 0 Å². The van der Waals surface area contributed by atoms with E-state index in [0.29, 0.717) is 5.56 Å². The summed E-state index contributed by atoms with van der Waals surface area (Å²) in [4.78, 5) is 47.2. The average Bonchev–Trinajstić information content (AvgIpc) is 2.55. The standard InChI is InChI=1S/C18H22O6/c1-5-23-16(21)18(4,17(22)24-6-2)11-13-7-9-14(10-8-13)15(20)12(3)19/h7-10H,5-6,11H2,1-4H3. The van der Waals surface area contributed by atoms with Crippen LogP contribution >= 0.6 is 0 Å². The summed E-state index contributed by atoms with van der Waals surface area (Å²) in [7, 11) is 0. The van der Waals surface area contributed by atoms with Crippen molar-refractivity contribution in [2.45, 2.75) is 34.1 Å². The van der Waals surface area contributed by atoms with Gasteiger partial charge in [-0.3, -0.25) is 19.2 Å². The number of esters is 2. The van der Waals surface area contributed by atoms with E-state index in [4.69, 9.17) is 9.47 Å². The third-order valence-corrected chi connectivity index (χ3v) is 3.55. The van der Waals surface area contributed by atoms with Gasteiger partial charge in [-0.1, -0.05) is 24.3 Å². The number of hydrogen-bond donors (Lipinski definition) is 0. The second kappa shape index (κ2) is 8.38. The number of benzene rings is 1. The summed E-state index contributed by atoms with van der Waals surface area (Å²) >= 11 is 0. The Balaban J connectivity index is 3.06. The highest BCUT2D eigenvalue weighted by atomic mass is 16.6. The van der Waals surface area contributed by atoms with Gasteiger partial charge in [-0.15, -0.1) is 0 Å². The molecule has 1 aromatic rings. The van der Waals surface area contributed by atoms with Crippen molar-refractivity contribution in [3.8, 4) is 0 Å². The van der Waals surface area contributed by atoms with Crippen molar-refractivity contribution in [2.24, 2.45) is 5.41 Å². The fourth-order valence-electron chi connectivity index (χ4n) is 2.19. The maximum atomic E-state index is 12.2. The van der Waals surface area contributed by atoms with Gasteiger partial charge in [-0.2, -0.15) is 0 Å². The molecule has 130 valence electrons. The lowest BCUT2D eigenvalue weighted by Gasteiger charge is -2.25. The molecule has 6 heteroatoms. The molecule has 1 aromatic carbocycles. The molecule has 0 atom stereocenters. The fourth-order valence-corrected chi connectivity index (χ4v) is 2.19. The molecule has 0 fully saturated rings. The summed E-state index contributed by atoms with van der Waals surface area (Å²) in [6.45, 7) is 6.30. The predicted molar refractivity (Wildman–Crippen MR) is 86.5 cm³/mol. The van der Waals surface area contributed by atoms with Crippen LogP contribution in [0.25, 0.3) is 0 Å². The van der Waals surface area contributed by atoms with E-state index >= 15 is 0 Å². The molecular formula is C18H22O6. The molecule has 0 aromatic heterocycles. The van der Waals surface area contributed by atoms with Crippen LogP contribution in [0.15, 0.2) is 24.3 Å². The molecule has 0 spiro atoms. The number of Topliss-reactive ketones (excluding diaryl/α,β-unsaturated/α-hetero) is 2. The highest BCUT2D eigenvalue weighted by Gasteiger charge is 2.44. The van der Waals surface area contributed by atoms with E-state index in [1.54, 1.807) is 26.0 Å². The second-order valence-corrected chi connectivity index (χ2v) is 5.53. The van der Waals surface area contributed by atoms with E-state index in [2.05, 4.69) is 0 Å². The highest BCUT2D eigenvalue weighted by molar-refractivity contribution is 6.42. The summed E-state index contributed by atoms with van der Waals surface area (Å²) in [6, 6.07) is 6.20. The van der Waals surface area contributed by atoms with E-state index in [1.165, 1.54) is 26.0 Å². The fraction of sp³-hybridized carbons (Fsp3) is 0.444. The molecule has 0 saturated carbocycles. The lowest BCUT2D eigenvalue weighted by atomic mass is 9.83. The van der Waals surface area contributed by atoms with Gasteiger partial charge in [0, 0.05) is 12.5 Å². The first-order valence-electron chi connectivity index (χ1n) is 7.74. The maximum Gasteiger partial charge on any atom is 0.323 e. The normalized spacial score (nSPS) is 10.8. The SMILES string of the molecule is CCOC(=O)C(C)(Cc1ccc(C(=O)C(C)=O)cc1)C(=O)OCC. The van der Waals surface area contributed by atoms with Crippen molar-refractivity contribution in [1.82, 2.24) is 0 Å². The lowest BCUT2D eigenvalue weighted by molar-refractivity contribution is -0.170. The van der Waals surface area contributed by atoms with Crippen molar-refractivity contribution < 1.29 is 28.7 Å². The Bertz CT molecular complexity index is 611. The lowest BCUT2D eigenvalue weighted by Crippen LogP contribution is -2.41. The molecule has 0 aliphatic rings. The van der Waals surface area contributed by atoms with E-state index in [1.807, 2.05) is 0 Å². The number of ether oxygens (including phenoxy) is 2. The first-order valence-corrected chi connectivity index (χ1v) is 7.74. The average molecular weight is 334 g/mol. The van der Waals surface area contributed by atoms with Crippen molar-refractivity contribution >= 4 is 23.5 Å². The van der Waals surface area contributed by atoms with Crippen molar-refractivity contribution in [3.63, 3.8) is 0 Å². The molecule has 0 N–H and O–H groups in total. The van der Waals surface area contributed by atoms with E-state index in [9.17, 15) is 19.2 Å². The Morgan fingerprint density at radius 1 is 0.917 bits per heavy atom. The van der Waals surface area contributed by atoms with Gasteiger partial charge in [-0.25, -0.2) is 0 Å². The molecule has 0 radical (unpaired) electrons. The van der Waals surface area contributed by atoms with Gasteiger partial charge in [0.1, 0.15) is 0 Å². The minimum atomic E-state index is -1.47. The summed E-state index contributed by atoms with van der Waals surface area (Å²) in [6.07, 6.45) is 0.0687. The van der Waals surface area contributed by atoms with Crippen LogP contribution in [-0.4, -0.2) is 36.7 Å².